The van der Waals surface area contributed by atoms with Crippen molar-refractivity contribution in [3.8, 4) is 6.07 Å². The fourth-order valence-corrected chi connectivity index (χ4v) is 2.64. The number of anilines is 1. The minimum absolute atomic E-state index is 0.512. The van der Waals surface area contributed by atoms with Crippen LogP contribution in [0.1, 0.15) is 43.1 Å². The molecule has 1 aliphatic rings. The van der Waals surface area contributed by atoms with Gasteiger partial charge in [-0.15, -0.1) is 0 Å². The molecule has 17 heavy (non-hydrogen) atoms. The summed E-state index contributed by atoms with van der Waals surface area (Å²) in [7, 11) is 0. The number of nitriles is 1. The van der Waals surface area contributed by atoms with E-state index in [1.54, 1.807) is 0 Å². The molecule has 2 atom stereocenters. The first-order valence-electron chi connectivity index (χ1n) is 6.25. The number of rotatable bonds is 2. The lowest BCUT2D eigenvalue weighted by atomic mass is 10.1. The van der Waals surface area contributed by atoms with Gasteiger partial charge in [-0.25, -0.2) is 0 Å². The number of pyridine rings is 1. The number of aryl methyl sites for hydroxylation is 2. The zero-order chi connectivity index (χ0) is 12.4. The summed E-state index contributed by atoms with van der Waals surface area (Å²) < 4.78 is 0. The van der Waals surface area contributed by atoms with Gasteiger partial charge >= 0.3 is 0 Å². The minimum Gasteiger partial charge on any atom is -0.381 e. The Labute approximate surface area is 103 Å². The normalized spacial score (nSPS) is 23.4. The molecule has 0 aliphatic heterocycles. The van der Waals surface area contributed by atoms with E-state index in [0.29, 0.717) is 11.6 Å². The van der Waals surface area contributed by atoms with Crippen molar-refractivity contribution in [3.05, 3.63) is 23.0 Å². The molecule has 1 aromatic heterocycles. The molecule has 0 spiro atoms. The van der Waals surface area contributed by atoms with Crippen molar-refractivity contribution in [2.24, 2.45) is 5.92 Å². The van der Waals surface area contributed by atoms with Crippen molar-refractivity contribution in [2.75, 3.05) is 5.32 Å². The number of nitrogens with zero attached hydrogens (tertiary/aromatic N) is 2. The van der Waals surface area contributed by atoms with E-state index in [1.807, 2.05) is 19.9 Å². The molecule has 3 nitrogen and oxygen atoms in total. The summed E-state index contributed by atoms with van der Waals surface area (Å²) in [4.78, 5) is 4.33. The lowest BCUT2D eigenvalue weighted by molar-refractivity contribution is 0.602. The van der Waals surface area contributed by atoms with Crippen molar-refractivity contribution >= 4 is 5.69 Å². The monoisotopic (exact) mass is 229 g/mol. The molecule has 0 bridgehead atoms. The second-order valence-electron chi connectivity index (χ2n) is 5.14. The van der Waals surface area contributed by atoms with E-state index in [0.717, 1.165) is 23.0 Å². The predicted octanol–water partition coefficient (Wildman–Crippen LogP) is 3.17. The number of hydrogen-bond donors (Lipinski definition) is 1. The third kappa shape index (κ3) is 2.58. The van der Waals surface area contributed by atoms with Crippen molar-refractivity contribution in [2.45, 2.75) is 46.1 Å². The Kier molecular flexibility index (Phi) is 3.33. The molecule has 0 amide bonds. The second kappa shape index (κ2) is 4.75. The predicted molar refractivity (Wildman–Crippen MR) is 68.9 cm³/mol. The quantitative estimate of drug-likeness (QED) is 0.847. The first-order chi connectivity index (χ1) is 8.10. The SMILES string of the molecule is Cc1cc(NC2CCC(C)C2)c(C#N)c(C)n1. The van der Waals surface area contributed by atoms with E-state index in [1.165, 1.54) is 19.3 Å². The maximum atomic E-state index is 9.19. The Morgan fingerprint density at radius 2 is 2.18 bits per heavy atom. The van der Waals surface area contributed by atoms with E-state index in [-0.39, 0.29) is 0 Å². The van der Waals surface area contributed by atoms with Crippen LogP contribution < -0.4 is 5.32 Å². The van der Waals surface area contributed by atoms with Gasteiger partial charge in [0.25, 0.3) is 0 Å². The van der Waals surface area contributed by atoms with Crippen LogP contribution in [0.4, 0.5) is 5.69 Å². The Morgan fingerprint density at radius 1 is 1.41 bits per heavy atom. The highest BCUT2D eigenvalue weighted by Gasteiger charge is 2.22. The fourth-order valence-electron chi connectivity index (χ4n) is 2.64. The molecule has 0 saturated heterocycles. The third-order valence-corrected chi connectivity index (χ3v) is 3.49. The van der Waals surface area contributed by atoms with Crippen LogP contribution in [-0.4, -0.2) is 11.0 Å². The van der Waals surface area contributed by atoms with Gasteiger partial charge in [0.2, 0.25) is 0 Å². The van der Waals surface area contributed by atoms with Crippen molar-refractivity contribution in [1.82, 2.24) is 4.98 Å². The largest absolute Gasteiger partial charge is 0.381 e. The first-order valence-corrected chi connectivity index (χ1v) is 6.25. The van der Waals surface area contributed by atoms with Crippen LogP contribution in [-0.2, 0) is 0 Å². The van der Waals surface area contributed by atoms with Crippen LogP contribution in [0.2, 0.25) is 0 Å². The Balaban J connectivity index is 2.23. The summed E-state index contributed by atoms with van der Waals surface area (Å²) >= 11 is 0. The van der Waals surface area contributed by atoms with E-state index in [2.05, 4.69) is 23.3 Å². The second-order valence-corrected chi connectivity index (χ2v) is 5.14. The lowest BCUT2D eigenvalue weighted by Crippen LogP contribution is -2.17. The van der Waals surface area contributed by atoms with Gasteiger partial charge in [-0.3, -0.25) is 4.98 Å². The summed E-state index contributed by atoms with van der Waals surface area (Å²) in [6.45, 7) is 6.15. The van der Waals surface area contributed by atoms with E-state index >= 15 is 0 Å². The van der Waals surface area contributed by atoms with E-state index < -0.39 is 0 Å². The third-order valence-electron chi connectivity index (χ3n) is 3.49. The molecule has 2 unspecified atom stereocenters. The smallest absolute Gasteiger partial charge is 0.103 e. The van der Waals surface area contributed by atoms with Crippen LogP contribution >= 0.6 is 0 Å². The van der Waals surface area contributed by atoms with Crippen LogP contribution in [0, 0.1) is 31.1 Å². The minimum atomic E-state index is 0.512. The zero-order valence-corrected chi connectivity index (χ0v) is 10.7. The summed E-state index contributed by atoms with van der Waals surface area (Å²) in [5.74, 6) is 0.794. The van der Waals surface area contributed by atoms with Gasteiger partial charge in [0.1, 0.15) is 6.07 Å². The lowest BCUT2D eigenvalue weighted by Gasteiger charge is -2.16. The Hall–Kier alpha value is -1.56. The molecule has 1 aromatic rings. The molecule has 1 heterocycles. The summed E-state index contributed by atoms with van der Waals surface area (Å²) in [5, 5.41) is 12.7. The average Bonchev–Trinajstić information content (AvgIpc) is 2.63. The highest BCUT2D eigenvalue weighted by Crippen LogP contribution is 2.29. The van der Waals surface area contributed by atoms with Gasteiger partial charge in [0.15, 0.2) is 0 Å². The molecule has 1 fully saturated rings. The van der Waals surface area contributed by atoms with Gasteiger partial charge in [-0.2, -0.15) is 5.26 Å². The molecule has 0 aromatic carbocycles. The van der Waals surface area contributed by atoms with Crippen LogP contribution in [0.15, 0.2) is 6.07 Å². The molecule has 1 saturated carbocycles. The van der Waals surface area contributed by atoms with Crippen molar-refractivity contribution in [3.63, 3.8) is 0 Å². The molecule has 2 rings (SSSR count). The summed E-state index contributed by atoms with van der Waals surface area (Å²) in [6.07, 6.45) is 3.68. The molecule has 90 valence electrons. The van der Waals surface area contributed by atoms with Crippen molar-refractivity contribution in [1.29, 1.82) is 5.26 Å². The first kappa shape index (κ1) is 11.9. The molecule has 3 heteroatoms. The number of nitrogens with one attached hydrogen (secondary N) is 1. The van der Waals surface area contributed by atoms with Gasteiger partial charge in [0, 0.05) is 11.7 Å². The highest BCUT2D eigenvalue weighted by molar-refractivity contribution is 5.60. The molecule has 1 N–H and O–H groups in total. The molecule has 1 aliphatic carbocycles. The molecular weight excluding hydrogens is 210 g/mol. The van der Waals surface area contributed by atoms with Gasteiger partial charge in [-0.05, 0) is 45.1 Å². The fraction of sp³-hybridized carbons (Fsp3) is 0.571. The number of aromatic nitrogens is 1. The number of hydrogen-bond acceptors (Lipinski definition) is 3. The van der Waals surface area contributed by atoms with Gasteiger partial charge in [-0.1, -0.05) is 6.92 Å². The Morgan fingerprint density at radius 3 is 2.76 bits per heavy atom. The average molecular weight is 229 g/mol. The topological polar surface area (TPSA) is 48.7 Å². The Bertz CT molecular complexity index is 459. The van der Waals surface area contributed by atoms with Crippen LogP contribution in [0.25, 0.3) is 0 Å². The molecular formula is C14H19N3. The maximum absolute atomic E-state index is 9.19. The maximum Gasteiger partial charge on any atom is 0.103 e. The van der Waals surface area contributed by atoms with E-state index in [9.17, 15) is 5.26 Å². The van der Waals surface area contributed by atoms with E-state index in [4.69, 9.17) is 0 Å². The summed E-state index contributed by atoms with van der Waals surface area (Å²) in [6, 6.07) is 4.74. The standard InChI is InChI=1S/C14H19N3/c1-9-4-5-12(6-9)17-14-7-10(2)16-11(3)13(14)8-15/h7,9,12H,4-6H2,1-3H3,(H,16,17). The zero-order valence-electron chi connectivity index (χ0n) is 10.7. The highest BCUT2D eigenvalue weighted by atomic mass is 14.9. The van der Waals surface area contributed by atoms with Crippen LogP contribution in [0.3, 0.4) is 0 Å². The van der Waals surface area contributed by atoms with Gasteiger partial charge in [0.05, 0.1) is 16.9 Å². The van der Waals surface area contributed by atoms with Gasteiger partial charge < -0.3 is 5.32 Å². The van der Waals surface area contributed by atoms with Crippen LogP contribution in [0.5, 0.6) is 0 Å². The molecule has 0 radical (unpaired) electrons. The summed E-state index contributed by atoms with van der Waals surface area (Å²) in [5.41, 5.74) is 3.43. The van der Waals surface area contributed by atoms with Crippen molar-refractivity contribution < 1.29 is 0 Å².